The van der Waals surface area contributed by atoms with Crippen LogP contribution in [0.4, 0.5) is 0 Å². The first-order valence-electron chi connectivity index (χ1n) is 6.77. The molecule has 0 bridgehead atoms. The molecular weight excluding hydrogens is 282 g/mol. The van der Waals surface area contributed by atoms with E-state index in [0.717, 1.165) is 6.42 Å². The van der Waals surface area contributed by atoms with Crippen molar-refractivity contribution >= 4 is 5.91 Å². The Kier molecular flexibility index (Phi) is 4.59. The summed E-state index contributed by atoms with van der Waals surface area (Å²) in [6, 6.07) is 9.59. The number of rotatable bonds is 5. The first-order valence-corrected chi connectivity index (χ1v) is 6.77. The zero-order chi connectivity index (χ0) is 16.1. The van der Waals surface area contributed by atoms with Gasteiger partial charge in [0.15, 0.2) is 0 Å². The molecule has 0 saturated carbocycles. The van der Waals surface area contributed by atoms with E-state index >= 15 is 0 Å². The molecule has 0 radical (unpaired) electrons. The van der Waals surface area contributed by atoms with Crippen LogP contribution in [0, 0.1) is 11.3 Å². The van der Waals surface area contributed by atoms with Gasteiger partial charge in [0.25, 0.3) is 5.56 Å². The Morgan fingerprint density at radius 1 is 1.36 bits per heavy atom. The van der Waals surface area contributed by atoms with Crippen molar-refractivity contribution in [3.05, 3.63) is 51.8 Å². The summed E-state index contributed by atoms with van der Waals surface area (Å²) in [6.07, 6.45) is 0.820. The smallest absolute Gasteiger partial charge is 0.266 e. The number of nitriles is 1. The van der Waals surface area contributed by atoms with Gasteiger partial charge in [0.2, 0.25) is 5.91 Å². The number of nitrogens with two attached hydrogens (primary N) is 1. The Hall–Kier alpha value is -3.07. The number of nitrogens with zero attached hydrogens (tertiary/aromatic N) is 1. The molecule has 6 nitrogen and oxygen atoms in total. The number of primary amides is 1. The zero-order valence-electron chi connectivity index (χ0n) is 12.1. The molecular formula is C16H15N3O3. The van der Waals surface area contributed by atoms with Crippen LogP contribution in [0.5, 0.6) is 5.75 Å². The standard InChI is InChI=1S/C16H15N3O3/c1-2-7-22-14-6-4-10(15(18)20)8-12(14)13-5-3-11(9-17)16(21)19-13/h3-6,8H,2,7H2,1H3,(H2,18,20)(H,19,21). The van der Waals surface area contributed by atoms with E-state index in [-0.39, 0.29) is 5.56 Å². The molecule has 0 atom stereocenters. The molecule has 0 spiro atoms. The Morgan fingerprint density at radius 2 is 2.14 bits per heavy atom. The minimum absolute atomic E-state index is 0.0193. The second-order valence-corrected chi connectivity index (χ2v) is 4.65. The summed E-state index contributed by atoms with van der Waals surface area (Å²) >= 11 is 0. The minimum atomic E-state index is -0.570. The largest absolute Gasteiger partial charge is 0.493 e. The van der Waals surface area contributed by atoms with Gasteiger partial charge < -0.3 is 15.5 Å². The fourth-order valence-corrected chi connectivity index (χ4v) is 1.95. The van der Waals surface area contributed by atoms with Crippen molar-refractivity contribution in [1.82, 2.24) is 4.98 Å². The second kappa shape index (κ2) is 6.59. The van der Waals surface area contributed by atoms with Gasteiger partial charge in [0.1, 0.15) is 17.4 Å². The number of nitrogens with one attached hydrogen (secondary N) is 1. The van der Waals surface area contributed by atoms with Gasteiger partial charge in [-0.3, -0.25) is 9.59 Å². The topological polar surface area (TPSA) is 109 Å². The van der Waals surface area contributed by atoms with E-state index < -0.39 is 11.5 Å². The number of ether oxygens (including phenoxy) is 1. The van der Waals surface area contributed by atoms with Crippen LogP contribution in [0.1, 0.15) is 29.3 Å². The highest BCUT2D eigenvalue weighted by molar-refractivity contribution is 5.94. The molecule has 1 aromatic carbocycles. The van der Waals surface area contributed by atoms with Crippen LogP contribution in [-0.4, -0.2) is 17.5 Å². The van der Waals surface area contributed by atoms with Gasteiger partial charge >= 0.3 is 0 Å². The summed E-state index contributed by atoms with van der Waals surface area (Å²) < 4.78 is 5.63. The molecule has 2 rings (SSSR count). The fourth-order valence-electron chi connectivity index (χ4n) is 1.95. The Morgan fingerprint density at radius 3 is 2.73 bits per heavy atom. The molecule has 2 aromatic rings. The fraction of sp³-hybridized carbons (Fsp3) is 0.188. The summed E-state index contributed by atoms with van der Waals surface area (Å²) in [6.45, 7) is 2.48. The van der Waals surface area contributed by atoms with Crippen molar-refractivity contribution in [1.29, 1.82) is 5.26 Å². The number of aromatic nitrogens is 1. The lowest BCUT2D eigenvalue weighted by Crippen LogP contribution is -2.13. The van der Waals surface area contributed by atoms with Crippen LogP contribution >= 0.6 is 0 Å². The van der Waals surface area contributed by atoms with Crippen LogP contribution in [-0.2, 0) is 0 Å². The summed E-state index contributed by atoms with van der Waals surface area (Å²) in [5, 5.41) is 8.81. The predicted octanol–water partition coefficient (Wildman–Crippen LogP) is 1.80. The normalized spacial score (nSPS) is 10.0. The Bertz CT molecular complexity index is 803. The van der Waals surface area contributed by atoms with E-state index in [0.29, 0.717) is 29.2 Å². The zero-order valence-corrected chi connectivity index (χ0v) is 12.1. The lowest BCUT2D eigenvalue weighted by molar-refractivity contribution is 0.100. The number of hydrogen-bond acceptors (Lipinski definition) is 4. The molecule has 0 fully saturated rings. The van der Waals surface area contributed by atoms with E-state index in [2.05, 4.69) is 4.98 Å². The van der Waals surface area contributed by atoms with Gasteiger partial charge in [-0.05, 0) is 36.8 Å². The highest BCUT2D eigenvalue weighted by atomic mass is 16.5. The van der Waals surface area contributed by atoms with Crippen LogP contribution < -0.4 is 16.0 Å². The molecule has 0 unspecified atom stereocenters. The summed E-state index contributed by atoms with van der Waals surface area (Å²) in [5.74, 6) is -0.0357. The van der Waals surface area contributed by atoms with E-state index in [1.165, 1.54) is 6.07 Å². The average Bonchev–Trinajstić information content (AvgIpc) is 2.52. The third kappa shape index (κ3) is 3.15. The third-order valence-corrected chi connectivity index (χ3v) is 3.05. The van der Waals surface area contributed by atoms with E-state index in [9.17, 15) is 9.59 Å². The van der Waals surface area contributed by atoms with Gasteiger partial charge in [0.05, 0.1) is 12.3 Å². The molecule has 1 heterocycles. The number of benzene rings is 1. The molecule has 0 saturated heterocycles. The number of pyridine rings is 1. The number of carbonyl (C=O) groups excluding carboxylic acids is 1. The SMILES string of the molecule is CCCOc1ccc(C(N)=O)cc1-c1ccc(C#N)c(=O)[nH]1. The van der Waals surface area contributed by atoms with E-state index in [4.69, 9.17) is 15.7 Å². The number of aromatic amines is 1. The van der Waals surface area contributed by atoms with E-state index in [1.807, 2.05) is 6.92 Å². The van der Waals surface area contributed by atoms with Crippen molar-refractivity contribution in [3.8, 4) is 23.1 Å². The minimum Gasteiger partial charge on any atom is -0.493 e. The van der Waals surface area contributed by atoms with Gasteiger partial charge in [-0.2, -0.15) is 5.26 Å². The molecule has 0 aliphatic heterocycles. The number of amides is 1. The third-order valence-electron chi connectivity index (χ3n) is 3.05. The summed E-state index contributed by atoms with van der Waals surface area (Å²) in [4.78, 5) is 25.7. The Balaban J connectivity index is 2.57. The van der Waals surface area contributed by atoms with Crippen molar-refractivity contribution in [2.45, 2.75) is 13.3 Å². The number of hydrogen-bond donors (Lipinski definition) is 2. The molecule has 1 amide bonds. The maximum atomic E-state index is 11.8. The molecule has 0 aliphatic carbocycles. The van der Waals surface area contributed by atoms with Gasteiger partial charge in [-0.1, -0.05) is 6.92 Å². The van der Waals surface area contributed by atoms with Gasteiger partial charge in [-0.15, -0.1) is 0 Å². The molecule has 3 N–H and O–H groups in total. The first-order chi connectivity index (χ1) is 10.6. The second-order valence-electron chi connectivity index (χ2n) is 4.65. The van der Waals surface area contributed by atoms with Crippen molar-refractivity contribution in [3.63, 3.8) is 0 Å². The molecule has 1 aromatic heterocycles. The monoisotopic (exact) mass is 297 g/mol. The molecule has 112 valence electrons. The molecule has 22 heavy (non-hydrogen) atoms. The van der Waals surface area contributed by atoms with E-state index in [1.54, 1.807) is 30.3 Å². The lowest BCUT2D eigenvalue weighted by atomic mass is 10.1. The summed E-state index contributed by atoms with van der Waals surface area (Å²) in [7, 11) is 0. The molecule has 0 aliphatic rings. The lowest BCUT2D eigenvalue weighted by Gasteiger charge is -2.12. The van der Waals surface area contributed by atoms with Crippen LogP contribution in [0.2, 0.25) is 0 Å². The quantitative estimate of drug-likeness (QED) is 0.876. The number of H-pyrrole nitrogens is 1. The maximum Gasteiger partial charge on any atom is 0.266 e. The summed E-state index contributed by atoms with van der Waals surface area (Å²) in [5.41, 5.74) is 6.13. The average molecular weight is 297 g/mol. The van der Waals surface area contributed by atoms with Crippen molar-refractivity contribution in [2.75, 3.05) is 6.61 Å². The van der Waals surface area contributed by atoms with Crippen LogP contribution in [0.25, 0.3) is 11.3 Å². The van der Waals surface area contributed by atoms with Crippen LogP contribution in [0.15, 0.2) is 35.1 Å². The van der Waals surface area contributed by atoms with Gasteiger partial charge in [0, 0.05) is 11.1 Å². The number of carbonyl (C=O) groups is 1. The van der Waals surface area contributed by atoms with Crippen molar-refractivity contribution < 1.29 is 9.53 Å². The van der Waals surface area contributed by atoms with Gasteiger partial charge in [-0.25, -0.2) is 0 Å². The highest BCUT2D eigenvalue weighted by Crippen LogP contribution is 2.29. The van der Waals surface area contributed by atoms with Crippen LogP contribution in [0.3, 0.4) is 0 Å². The maximum absolute atomic E-state index is 11.8. The highest BCUT2D eigenvalue weighted by Gasteiger charge is 2.12. The first kappa shape index (κ1) is 15.3. The Labute approximate surface area is 127 Å². The van der Waals surface area contributed by atoms with Crippen molar-refractivity contribution in [2.24, 2.45) is 5.73 Å². The molecule has 6 heteroatoms. The predicted molar refractivity (Wildman–Crippen MR) is 81.5 cm³/mol.